The van der Waals surface area contributed by atoms with Crippen molar-refractivity contribution in [2.75, 3.05) is 33.4 Å². The molecule has 0 saturated carbocycles. The van der Waals surface area contributed by atoms with E-state index < -0.39 is 0 Å². The molecule has 0 aliphatic carbocycles. The minimum Gasteiger partial charge on any atom is -0.464 e. The summed E-state index contributed by atoms with van der Waals surface area (Å²) in [7, 11) is 1.58. The number of nitrogens with one attached hydrogen (secondary N) is 2. The van der Waals surface area contributed by atoms with Gasteiger partial charge in [0.1, 0.15) is 6.61 Å². The van der Waals surface area contributed by atoms with E-state index in [4.69, 9.17) is 4.74 Å². The van der Waals surface area contributed by atoms with Crippen molar-refractivity contribution >= 4 is 11.9 Å². The highest BCUT2D eigenvalue weighted by molar-refractivity contribution is 5.80. The molecule has 0 saturated heterocycles. The molecule has 0 heterocycles. The van der Waals surface area contributed by atoms with Gasteiger partial charge in [-0.1, -0.05) is 0 Å². The first-order valence-electron chi connectivity index (χ1n) is 5.30. The molecule has 6 nitrogen and oxygen atoms in total. The first-order valence-corrected chi connectivity index (χ1v) is 5.30. The van der Waals surface area contributed by atoms with Crippen molar-refractivity contribution < 1.29 is 19.1 Å². The van der Waals surface area contributed by atoms with Crippen LogP contribution in [0.4, 0.5) is 0 Å². The van der Waals surface area contributed by atoms with Gasteiger partial charge in [0.15, 0.2) is 0 Å². The Labute approximate surface area is 95.7 Å². The molecule has 0 fully saturated rings. The maximum absolute atomic E-state index is 11.1. The molecule has 0 aliphatic heterocycles. The third-order valence-electron chi connectivity index (χ3n) is 1.86. The molecule has 0 aliphatic rings. The Morgan fingerprint density at radius 1 is 1.38 bits per heavy atom. The SMILES string of the molecule is CCOC(=O)COCCNC(C)C(=O)NC. The maximum atomic E-state index is 11.1. The number of esters is 1. The van der Waals surface area contributed by atoms with Crippen molar-refractivity contribution in [2.24, 2.45) is 0 Å². The highest BCUT2D eigenvalue weighted by atomic mass is 16.6. The van der Waals surface area contributed by atoms with Crippen LogP contribution in [0.5, 0.6) is 0 Å². The Morgan fingerprint density at radius 3 is 2.62 bits per heavy atom. The number of carbonyl (C=O) groups is 2. The number of ether oxygens (including phenoxy) is 2. The van der Waals surface area contributed by atoms with Crippen LogP contribution in [-0.4, -0.2) is 51.3 Å². The molecule has 0 aromatic heterocycles. The summed E-state index contributed by atoms with van der Waals surface area (Å²) in [6.45, 7) is 4.67. The van der Waals surface area contributed by atoms with Crippen molar-refractivity contribution in [2.45, 2.75) is 19.9 Å². The predicted molar refractivity (Wildman–Crippen MR) is 59.0 cm³/mol. The quantitative estimate of drug-likeness (QED) is 0.427. The Kier molecular flexibility index (Phi) is 8.46. The van der Waals surface area contributed by atoms with E-state index >= 15 is 0 Å². The van der Waals surface area contributed by atoms with Gasteiger partial charge in [-0.15, -0.1) is 0 Å². The molecule has 0 aromatic rings. The number of hydrogen-bond donors (Lipinski definition) is 2. The molecule has 6 heteroatoms. The number of rotatable bonds is 8. The van der Waals surface area contributed by atoms with Crippen LogP contribution in [0.25, 0.3) is 0 Å². The fourth-order valence-corrected chi connectivity index (χ4v) is 1.01. The number of amides is 1. The Bertz CT molecular complexity index is 221. The average molecular weight is 232 g/mol. The largest absolute Gasteiger partial charge is 0.464 e. The Hall–Kier alpha value is -1.14. The molecule has 0 rings (SSSR count). The van der Waals surface area contributed by atoms with E-state index in [9.17, 15) is 9.59 Å². The van der Waals surface area contributed by atoms with Crippen LogP contribution in [0.2, 0.25) is 0 Å². The summed E-state index contributed by atoms with van der Waals surface area (Å²) in [5.41, 5.74) is 0. The monoisotopic (exact) mass is 232 g/mol. The van der Waals surface area contributed by atoms with Crippen LogP contribution >= 0.6 is 0 Å². The number of carbonyl (C=O) groups excluding carboxylic acids is 2. The van der Waals surface area contributed by atoms with Gasteiger partial charge in [-0.2, -0.15) is 0 Å². The van der Waals surface area contributed by atoms with Crippen molar-refractivity contribution in [3.8, 4) is 0 Å². The lowest BCUT2D eigenvalue weighted by Gasteiger charge is -2.11. The summed E-state index contributed by atoms with van der Waals surface area (Å²) in [6.07, 6.45) is 0. The molecule has 1 atom stereocenters. The van der Waals surface area contributed by atoms with Crippen LogP contribution in [0.15, 0.2) is 0 Å². The van der Waals surface area contributed by atoms with E-state index in [2.05, 4.69) is 15.4 Å². The van der Waals surface area contributed by atoms with E-state index in [1.54, 1.807) is 20.9 Å². The van der Waals surface area contributed by atoms with Crippen LogP contribution < -0.4 is 10.6 Å². The van der Waals surface area contributed by atoms with Gasteiger partial charge in [0, 0.05) is 13.6 Å². The van der Waals surface area contributed by atoms with Gasteiger partial charge < -0.3 is 20.1 Å². The van der Waals surface area contributed by atoms with Crippen LogP contribution in [-0.2, 0) is 19.1 Å². The van der Waals surface area contributed by atoms with E-state index in [-0.39, 0.29) is 24.5 Å². The predicted octanol–water partition coefficient (Wildman–Crippen LogP) is -0.710. The van der Waals surface area contributed by atoms with Crippen molar-refractivity contribution in [1.82, 2.24) is 10.6 Å². The van der Waals surface area contributed by atoms with Gasteiger partial charge in [0.2, 0.25) is 5.91 Å². The standard InChI is InChI=1S/C10H20N2O4/c1-4-16-9(13)7-15-6-5-12-8(2)10(14)11-3/h8,12H,4-7H2,1-3H3,(H,11,14). The highest BCUT2D eigenvalue weighted by Gasteiger charge is 2.08. The summed E-state index contributed by atoms with van der Waals surface area (Å²) < 4.78 is 9.72. The number of hydrogen-bond acceptors (Lipinski definition) is 5. The zero-order valence-corrected chi connectivity index (χ0v) is 10.0. The van der Waals surface area contributed by atoms with Gasteiger partial charge in [0.25, 0.3) is 0 Å². The van der Waals surface area contributed by atoms with Crippen molar-refractivity contribution in [3.05, 3.63) is 0 Å². The number of likely N-dealkylation sites (N-methyl/N-ethyl adjacent to an activating group) is 1. The molecule has 0 radical (unpaired) electrons. The first-order chi connectivity index (χ1) is 7.61. The third kappa shape index (κ3) is 7.19. The van der Waals surface area contributed by atoms with Gasteiger partial charge in [0.05, 0.1) is 19.3 Å². The van der Waals surface area contributed by atoms with Gasteiger partial charge in [-0.05, 0) is 13.8 Å². The highest BCUT2D eigenvalue weighted by Crippen LogP contribution is 1.83. The molecular weight excluding hydrogens is 212 g/mol. The molecule has 1 amide bonds. The topological polar surface area (TPSA) is 76.7 Å². The summed E-state index contributed by atoms with van der Waals surface area (Å²) in [6, 6.07) is -0.267. The second-order valence-electron chi connectivity index (χ2n) is 3.15. The lowest BCUT2D eigenvalue weighted by atomic mass is 10.3. The minimum atomic E-state index is -0.373. The van der Waals surface area contributed by atoms with Crippen LogP contribution in [0.3, 0.4) is 0 Å². The van der Waals surface area contributed by atoms with E-state index in [1.807, 2.05) is 0 Å². The fourth-order valence-electron chi connectivity index (χ4n) is 1.01. The second kappa shape index (κ2) is 9.11. The molecule has 2 N–H and O–H groups in total. The lowest BCUT2D eigenvalue weighted by molar-refractivity contribution is -0.148. The van der Waals surface area contributed by atoms with Gasteiger partial charge >= 0.3 is 5.97 Å². The zero-order chi connectivity index (χ0) is 12.4. The fraction of sp³-hybridized carbons (Fsp3) is 0.800. The van der Waals surface area contributed by atoms with Crippen LogP contribution in [0, 0.1) is 0 Å². The minimum absolute atomic E-state index is 0.0517. The molecule has 1 unspecified atom stereocenters. The van der Waals surface area contributed by atoms with Crippen molar-refractivity contribution in [1.29, 1.82) is 0 Å². The second-order valence-corrected chi connectivity index (χ2v) is 3.15. The summed E-state index contributed by atoms with van der Waals surface area (Å²) >= 11 is 0. The summed E-state index contributed by atoms with van der Waals surface area (Å²) in [5, 5.41) is 5.47. The van der Waals surface area contributed by atoms with Crippen molar-refractivity contribution in [3.63, 3.8) is 0 Å². The van der Waals surface area contributed by atoms with Crippen LogP contribution in [0.1, 0.15) is 13.8 Å². The molecule has 0 bridgehead atoms. The smallest absolute Gasteiger partial charge is 0.332 e. The molecule has 0 spiro atoms. The van der Waals surface area contributed by atoms with E-state index in [1.165, 1.54) is 0 Å². The van der Waals surface area contributed by atoms with E-state index in [0.717, 1.165) is 0 Å². The molecule has 16 heavy (non-hydrogen) atoms. The Balaban J connectivity index is 3.40. The normalized spacial score (nSPS) is 11.9. The van der Waals surface area contributed by atoms with E-state index in [0.29, 0.717) is 19.8 Å². The molecule has 94 valence electrons. The zero-order valence-electron chi connectivity index (χ0n) is 10.0. The average Bonchev–Trinajstić information content (AvgIpc) is 2.27. The summed E-state index contributed by atoms with van der Waals surface area (Å²) in [4.78, 5) is 21.9. The molecule has 0 aromatic carbocycles. The Morgan fingerprint density at radius 2 is 2.06 bits per heavy atom. The summed E-state index contributed by atoms with van der Waals surface area (Å²) in [5.74, 6) is -0.452. The molecular formula is C10H20N2O4. The lowest BCUT2D eigenvalue weighted by Crippen LogP contribution is -2.41. The first kappa shape index (κ1) is 14.9. The van der Waals surface area contributed by atoms with Gasteiger partial charge in [-0.3, -0.25) is 4.79 Å². The van der Waals surface area contributed by atoms with Gasteiger partial charge in [-0.25, -0.2) is 4.79 Å². The third-order valence-corrected chi connectivity index (χ3v) is 1.86. The maximum Gasteiger partial charge on any atom is 0.332 e.